The third kappa shape index (κ3) is 2.85. The summed E-state index contributed by atoms with van der Waals surface area (Å²) >= 11 is 4.71. The van der Waals surface area contributed by atoms with Crippen LogP contribution in [0.15, 0.2) is 51.7 Å². The molecule has 0 saturated heterocycles. The molecule has 4 rings (SSSR count). The average molecular weight is 415 g/mol. The second kappa shape index (κ2) is 6.09. The van der Waals surface area contributed by atoms with Crippen molar-refractivity contribution in [1.82, 2.24) is 9.38 Å². The van der Waals surface area contributed by atoms with E-state index in [0.29, 0.717) is 20.8 Å². The number of thiazole rings is 1. The summed E-state index contributed by atoms with van der Waals surface area (Å²) in [4.78, 5) is 29.2. The summed E-state index contributed by atoms with van der Waals surface area (Å²) in [6.07, 6.45) is 1.72. The number of carbonyl (C=O) groups is 1. The van der Waals surface area contributed by atoms with Crippen LogP contribution in [0.2, 0.25) is 0 Å². The Morgan fingerprint density at radius 2 is 2.08 bits per heavy atom. The highest BCUT2D eigenvalue weighted by Gasteiger charge is 2.12. The Hall–Kier alpha value is -2.51. The first-order valence-corrected chi connectivity index (χ1v) is 9.03. The summed E-state index contributed by atoms with van der Waals surface area (Å²) in [5.41, 5.74) is 2.09. The molecule has 0 aliphatic rings. The first-order chi connectivity index (χ1) is 12.0. The number of benzene rings is 2. The zero-order valence-corrected chi connectivity index (χ0v) is 15.4. The first-order valence-electron chi connectivity index (χ1n) is 7.42. The first kappa shape index (κ1) is 16.0. The smallest absolute Gasteiger partial charge is 0.308 e. The van der Waals surface area contributed by atoms with Gasteiger partial charge in [0.15, 0.2) is 4.96 Å². The van der Waals surface area contributed by atoms with Crippen molar-refractivity contribution in [3.63, 3.8) is 0 Å². The van der Waals surface area contributed by atoms with E-state index in [1.54, 1.807) is 28.7 Å². The second-order valence-electron chi connectivity index (χ2n) is 5.41. The number of rotatable bonds is 2. The molecule has 0 saturated carbocycles. The van der Waals surface area contributed by atoms with Gasteiger partial charge in [0.1, 0.15) is 5.75 Å². The number of para-hydroxylation sites is 2. The Morgan fingerprint density at radius 3 is 2.88 bits per heavy atom. The number of imidazole rings is 1. The minimum atomic E-state index is -0.411. The van der Waals surface area contributed by atoms with E-state index in [-0.39, 0.29) is 5.56 Å². The van der Waals surface area contributed by atoms with Gasteiger partial charge in [0, 0.05) is 17.0 Å². The molecule has 0 fully saturated rings. The molecule has 0 radical (unpaired) electrons. The second-order valence-corrected chi connectivity index (χ2v) is 7.33. The Bertz CT molecular complexity index is 1240. The normalized spacial score (nSPS) is 12.2. The molecule has 4 aromatic rings. The number of fused-ring (bicyclic) bond motifs is 3. The van der Waals surface area contributed by atoms with Gasteiger partial charge in [-0.15, -0.1) is 0 Å². The summed E-state index contributed by atoms with van der Waals surface area (Å²) in [5, 5.41) is 0. The minimum absolute atomic E-state index is 0.137. The van der Waals surface area contributed by atoms with Gasteiger partial charge in [-0.05, 0) is 36.4 Å². The van der Waals surface area contributed by atoms with E-state index >= 15 is 0 Å². The summed E-state index contributed by atoms with van der Waals surface area (Å²) in [6, 6.07) is 12.8. The SMILES string of the molecule is CC(=O)Oc1ccc(Br)cc1/C=c1/sc2nc3ccccc3n2c1=O. The number of esters is 1. The van der Waals surface area contributed by atoms with E-state index in [4.69, 9.17) is 4.74 Å². The van der Waals surface area contributed by atoms with Crippen molar-refractivity contribution in [2.75, 3.05) is 0 Å². The lowest BCUT2D eigenvalue weighted by Crippen LogP contribution is -2.22. The van der Waals surface area contributed by atoms with Crippen molar-refractivity contribution in [3.05, 3.63) is 67.4 Å². The largest absolute Gasteiger partial charge is 0.426 e. The molecule has 2 heterocycles. The molecule has 0 atom stereocenters. The fourth-order valence-electron chi connectivity index (χ4n) is 2.63. The quantitative estimate of drug-likeness (QED) is 0.373. The topological polar surface area (TPSA) is 60.7 Å². The fourth-order valence-corrected chi connectivity index (χ4v) is 3.99. The van der Waals surface area contributed by atoms with Crippen LogP contribution in [0.25, 0.3) is 22.1 Å². The van der Waals surface area contributed by atoms with Gasteiger partial charge in [-0.2, -0.15) is 0 Å². The highest BCUT2D eigenvalue weighted by molar-refractivity contribution is 9.10. The van der Waals surface area contributed by atoms with Crippen molar-refractivity contribution in [2.45, 2.75) is 6.92 Å². The number of carbonyl (C=O) groups excluding carboxylic acids is 1. The predicted octanol–water partition coefficient (Wildman–Crippen LogP) is 3.14. The van der Waals surface area contributed by atoms with Gasteiger partial charge in [0.05, 0.1) is 15.6 Å². The Labute approximate surface area is 154 Å². The monoisotopic (exact) mass is 414 g/mol. The molecule has 0 aliphatic carbocycles. The van der Waals surface area contributed by atoms with E-state index in [0.717, 1.165) is 15.5 Å². The minimum Gasteiger partial charge on any atom is -0.426 e. The molecular weight excluding hydrogens is 404 g/mol. The van der Waals surface area contributed by atoms with E-state index < -0.39 is 5.97 Å². The number of nitrogens with zero attached hydrogens (tertiary/aromatic N) is 2. The van der Waals surface area contributed by atoms with Gasteiger partial charge in [-0.3, -0.25) is 9.59 Å². The van der Waals surface area contributed by atoms with Gasteiger partial charge in [0.25, 0.3) is 5.56 Å². The van der Waals surface area contributed by atoms with Crippen LogP contribution in [0, 0.1) is 0 Å². The highest BCUT2D eigenvalue weighted by atomic mass is 79.9. The lowest BCUT2D eigenvalue weighted by Gasteiger charge is -2.05. The van der Waals surface area contributed by atoms with Gasteiger partial charge in [0.2, 0.25) is 0 Å². The van der Waals surface area contributed by atoms with Crippen LogP contribution in [0.4, 0.5) is 0 Å². The van der Waals surface area contributed by atoms with Crippen LogP contribution in [0.5, 0.6) is 5.75 Å². The summed E-state index contributed by atoms with van der Waals surface area (Å²) < 4.78 is 8.19. The Kier molecular flexibility index (Phi) is 3.89. The third-order valence-corrected chi connectivity index (χ3v) is 5.12. The summed E-state index contributed by atoms with van der Waals surface area (Å²) in [7, 11) is 0. The molecule has 25 heavy (non-hydrogen) atoms. The zero-order chi connectivity index (χ0) is 17.6. The molecule has 0 unspecified atom stereocenters. The highest BCUT2D eigenvalue weighted by Crippen LogP contribution is 2.24. The van der Waals surface area contributed by atoms with E-state index in [2.05, 4.69) is 20.9 Å². The van der Waals surface area contributed by atoms with Crippen molar-refractivity contribution in [1.29, 1.82) is 0 Å². The van der Waals surface area contributed by atoms with Gasteiger partial charge < -0.3 is 4.74 Å². The Morgan fingerprint density at radius 1 is 1.28 bits per heavy atom. The molecule has 0 amide bonds. The van der Waals surface area contributed by atoms with Crippen LogP contribution < -0.4 is 14.8 Å². The summed E-state index contributed by atoms with van der Waals surface area (Å²) in [6.45, 7) is 1.34. The molecule has 0 bridgehead atoms. The number of aromatic nitrogens is 2. The molecule has 0 aliphatic heterocycles. The fraction of sp³-hybridized carbons (Fsp3) is 0.0556. The van der Waals surface area contributed by atoms with Crippen LogP contribution in [0.1, 0.15) is 12.5 Å². The van der Waals surface area contributed by atoms with Crippen molar-refractivity contribution in [3.8, 4) is 5.75 Å². The van der Waals surface area contributed by atoms with E-state index in [1.165, 1.54) is 18.3 Å². The number of ether oxygens (including phenoxy) is 1. The van der Waals surface area contributed by atoms with Crippen LogP contribution in [-0.2, 0) is 4.79 Å². The zero-order valence-electron chi connectivity index (χ0n) is 13.0. The van der Waals surface area contributed by atoms with Crippen LogP contribution >= 0.6 is 27.3 Å². The molecule has 7 heteroatoms. The van der Waals surface area contributed by atoms with Gasteiger partial charge in [-0.1, -0.05) is 39.4 Å². The van der Waals surface area contributed by atoms with Crippen LogP contribution in [0.3, 0.4) is 0 Å². The van der Waals surface area contributed by atoms with Crippen molar-refractivity contribution < 1.29 is 9.53 Å². The molecule has 2 aromatic carbocycles. The summed E-state index contributed by atoms with van der Waals surface area (Å²) in [5.74, 6) is -0.00251. The number of hydrogen-bond acceptors (Lipinski definition) is 5. The van der Waals surface area contributed by atoms with E-state index in [1.807, 2.05) is 24.3 Å². The number of hydrogen-bond donors (Lipinski definition) is 0. The van der Waals surface area contributed by atoms with Crippen LogP contribution in [-0.4, -0.2) is 15.4 Å². The molecule has 2 aromatic heterocycles. The predicted molar refractivity (Wildman–Crippen MR) is 101 cm³/mol. The maximum Gasteiger partial charge on any atom is 0.308 e. The maximum absolute atomic E-state index is 12.8. The van der Waals surface area contributed by atoms with E-state index in [9.17, 15) is 9.59 Å². The third-order valence-electron chi connectivity index (χ3n) is 3.66. The van der Waals surface area contributed by atoms with Gasteiger partial charge >= 0.3 is 5.97 Å². The number of halogens is 1. The standard InChI is InChI=1S/C18H11BrN2O3S/c1-10(22)24-15-7-6-12(19)8-11(15)9-16-17(23)21-14-5-3-2-4-13(14)20-18(21)25-16/h2-9H,1H3/b16-9+. The Balaban J connectivity index is 1.96. The molecule has 0 spiro atoms. The molecule has 124 valence electrons. The van der Waals surface area contributed by atoms with Crippen molar-refractivity contribution >= 4 is 55.3 Å². The molecule has 0 N–H and O–H groups in total. The molecular formula is C18H11BrN2O3S. The molecule has 5 nitrogen and oxygen atoms in total. The lowest BCUT2D eigenvalue weighted by atomic mass is 10.2. The maximum atomic E-state index is 12.8. The lowest BCUT2D eigenvalue weighted by molar-refractivity contribution is -0.131. The van der Waals surface area contributed by atoms with Crippen molar-refractivity contribution in [2.24, 2.45) is 0 Å². The van der Waals surface area contributed by atoms with Gasteiger partial charge in [-0.25, -0.2) is 9.38 Å². The average Bonchev–Trinajstić information content (AvgIpc) is 3.07.